The van der Waals surface area contributed by atoms with Crippen molar-refractivity contribution in [1.82, 2.24) is 9.97 Å². The number of rotatable bonds is 1. The van der Waals surface area contributed by atoms with Crippen LogP contribution in [-0.2, 0) is 0 Å². The van der Waals surface area contributed by atoms with Crippen molar-refractivity contribution in [1.29, 1.82) is 0 Å². The van der Waals surface area contributed by atoms with E-state index in [1.54, 1.807) is 20.0 Å². The van der Waals surface area contributed by atoms with Crippen LogP contribution in [0.2, 0.25) is 0 Å². The number of nitrogens with zero attached hydrogens (tertiary/aromatic N) is 2. The molecule has 68 valence electrons. The number of hydrogen-bond acceptors (Lipinski definition) is 4. The van der Waals surface area contributed by atoms with Gasteiger partial charge in [-0.2, -0.15) is 0 Å². The number of aromatic nitrogens is 2. The van der Waals surface area contributed by atoms with Gasteiger partial charge in [0.2, 0.25) is 5.95 Å². The maximum Gasteiger partial charge on any atom is 0.220 e. The van der Waals surface area contributed by atoms with Gasteiger partial charge in [-0.05, 0) is 13.8 Å². The lowest BCUT2D eigenvalue weighted by molar-refractivity contribution is 0.197. The second-order valence-electron chi connectivity index (χ2n) is 2.44. The van der Waals surface area contributed by atoms with Crippen LogP contribution in [0.25, 0.3) is 0 Å². The summed E-state index contributed by atoms with van der Waals surface area (Å²) in [6, 6.07) is 0. The molecule has 0 bridgehead atoms. The fourth-order valence-electron chi connectivity index (χ4n) is 0.905. The molecule has 0 spiro atoms. The third kappa shape index (κ3) is 2.17. The van der Waals surface area contributed by atoms with Gasteiger partial charge in [0.15, 0.2) is 0 Å². The first-order valence-corrected chi connectivity index (χ1v) is 3.38. The summed E-state index contributed by atoms with van der Waals surface area (Å²) >= 11 is 0. The number of aliphatic hydroxyl groups is 1. The molecule has 1 unspecified atom stereocenters. The Bertz CT molecular complexity index is 260. The van der Waals surface area contributed by atoms with E-state index in [0.717, 1.165) is 11.3 Å². The Hall–Kier alpha value is -1.16. The molecule has 1 heterocycles. The van der Waals surface area contributed by atoms with Crippen LogP contribution in [-0.4, -0.2) is 15.1 Å². The second kappa shape index (κ2) is 4.01. The van der Waals surface area contributed by atoms with E-state index in [2.05, 4.69) is 9.97 Å². The third-order valence-corrected chi connectivity index (χ3v) is 1.49. The molecule has 4 heteroatoms. The Morgan fingerprint density at radius 2 is 2.17 bits per heavy atom. The van der Waals surface area contributed by atoms with Gasteiger partial charge in [-0.1, -0.05) is 7.43 Å². The highest BCUT2D eigenvalue weighted by atomic mass is 16.3. The summed E-state index contributed by atoms with van der Waals surface area (Å²) in [5.41, 5.74) is 6.77. The summed E-state index contributed by atoms with van der Waals surface area (Å²) in [6.07, 6.45) is 1.01. The van der Waals surface area contributed by atoms with Crippen molar-refractivity contribution in [2.45, 2.75) is 27.4 Å². The molecular formula is C8H15N3O. The predicted octanol–water partition coefficient (Wildman–Crippen LogP) is 1.06. The largest absolute Gasteiger partial charge is 0.389 e. The lowest BCUT2D eigenvalue weighted by Gasteiger charge is -2.06. The summed E-state index contributed by atoms with van der Waals surface area (Å²) in [4.78, 5) is 7.67. The van der Waals surface area contributed by atoms with Crippen molar-refractivity contribution < 1.29 is 5.11 Å². The molecule has 0 saturated carbocycles. The topological polar surface area (TPSA) is 72.0 Å². The molecule has 1 aromatic heterocycles. The Kier molecular flexibility index (Phi) is 3.63. The molecule has 0 amide bonds. The molecule has 0 radical (unpaired) electrons. The van der Waals surface area contributed by atoms with Gasteiger partial charge in [-0.3, -0.25) is 0 Å². The van der Waals surface area contributed by atoms with Gasteiger partial charge < -0.3 is 10.8 Å². The average molecular weight is 169 g/mol. The summed E-state index contributed by atoms with van der Waals surface area (Å²) in [7, 11) is 0. The van der Waals surface area contributed by atoms with Crippen molar-refractivity contribution in [2.75, 3.05) is 5.73 Å². The van der Waals surface area contributed by atoms with Crippen molar-refractivity contribution in [3.8, 4) is 0 Å². The number of nitrogen functional groups attached to an aromatic ring is 1. The molecule has 1 aromatic rings. The summed E-state index contributed by atoms with van der Waals surface area (Å²) in [5, 5.41) is 9.17. The first-order chi connectivity index (χ1) is 5.11. The van der Waals surface area contributed by atoms with Crippen molar-refractivity contribution in [3.63, 3.8) is 0 Å². The van der Waals surface area contributed by atoms with Crippen molar-refractivity contribution in [3.05, 3.63) is 17.5 Å². The molecule has 0 aromatic carbocycles. The standard InChI is InChI=1S/C7H11N3O.CH4/c1-4-6(5(2)11)3-9-7(8)10-4;/h3,5,11H,1-2H3,(H2,8,9,10);1H4. The summed E-state index contributed by atoms with van der Waals surface area (Å²) in [6.45, 7) is 3.46. The molecule has 0 aliphatic heterocycles. The highest BCUT2D eigenvalue weighted by molar-refractivity contribution is 5.25. The second-order valence-corrected chi connectivity index (χ2v) is 2.44. The minimum absolute atomic E-state index is 0. The lowest BCUT2D eigenvalue weighted by Crippen LogP contribution is -2.02. The van der Waals surface area contributed by atoms with E-state index < -0.39 is 6.10 Å². The van der Waals surface area contributed by atoms with Crippen LogP contribution >= 0.6 is 0 Å². The number of hydrogen-bond donors (Lipinski definition) is 2. The summed E-state index contributed by atoms with van der Waals surface area (Å²) in [5.74, 6) is 0.243. The van der Waals surface area contributed by atoms with Gasteiger partial charge in [0, 0.05) is 17.5 Å². The molecule has 3 N–H and O–H groups in total. The van der Waals surface area contributed by atoms with E-state index in [1.165, 1.54) is 0 Å². The number of aliphatic hydroxyl groups excluding tert-OH is 1. The van der Waals surface area contributed by atoms with E-state index in [4.69, 9.17) is 5.73 Å². The Balaban J connectivity index is 0.00000121. The number of aryl methyl sites for hydroxylation is 1. The molecule has 0 saturated heterocycles. The first kappa shape index (κ1) is 10.8. The zero-order valence-corrected chi connectivity index (χ0v) is 6.57. The van der Waals surface area contributed by atoms with Gasteiger partial charge in [-0.15, -0.1) is 0 Å². The monoisotopic (exact) mass is 169 g/mol. The highest BCUT2D eigenvalue weighted by Gasteiger charge is 2.05. The van der Waals surface area contributed by atoms with Crippen molar-refractivity contribution >= 4 is 5.95 Å². The molecule has 4 nitrogen and oxygen atoms in total. The Morgan fingerprint density at radius 1 is 1.58 bits per heavy atom. The maximum absolute atomic E-state index is 9.17. The normalized spacial score (nSPS) is 11.9. The fourth-order valence-corrected chi connectivity index (χ4v) is 0.905. The smallest absolute Gasteiger partial charge is 0.220 e. The zero-order chi connectivity index (χ0) is 8.43. The van der Waals surface area contributed by atoms with E-state index in [1.807, 2.05) is 0 Å². The van der Waals surface area contributed by atoms with Gasteiger partial charge in [0.05, 0.1) is 6.10 Å². The molecule has 12 heavy (non-hydrogen) atoms. The van der Waals surface area contributed by atoms with Gasteiger partial charge in [0.1, 0.15) is 0 Å². The first-order valence-electron chi connectivity index (χ1n) is 3.38. The molecule has 1 atom stereocenters. The van der Waals surface area contributed by atoms with Crippen LogP contribution in [0.3, 0.4) is 0 Å². The van der Waals surface area contributed by atoms with Crippen LogP contribution < -0.4 is 5.73 Å². The minimum Gasteiger partial charge on any atom is -0.389 e. The van der Waals surface area contributed by atoms with Gasteiger partial charge >= 0.3 is 0 Å². The third-order valence-electron chi connectivity index (χ3n) is 1.49. The quantitative estimate of drug-likeness (QED) is 0.659. The maximum atomic E-state index is 9.17. The number of nitrogens with two attached hydrogens (primary N) is 1. The van der Waals surface area contributed by atoms with Crippen LogP contribution in [0.15, 0.2) is 6.20 Å². The zero-order valence-electron chi connectivity index (χ0n) is 6.57. The van der Waals surface area contributed by atoms with Gasteiger partial charge in [-0.25, -0.2) is 9.97 Å². The molecule has 0 aliphatic rings. The van der Waals surface area contributed by atoms with Crippen LogP contribution in [0.1, 0.15) is 31.7 Å². The lowest BCUT2D eigenvalue weighted by atomic mass is 10.1. The number of anilines is 1. The summed E-state index contributed by atoms with van der Waals surface area (Å²) < 4.78 is 0. The van der Waals surface area contributed by atoms with E-state index in [9.17, 15) is 5.11 Å². The molecular weight excluding hydrogens is 154 g/mol. The highest BCUT2D eigenvalue weighted by Crippen LogP contribution is 2.13. The SMILES string of the molecule is C.Cc1nc(N)ncc1C(C)O. The predicted molar refractivity (Wildman–Crippen MR) is 48.5 cm³/mol. The van der Waals surface area contributed by atoms with Crippen LogP contribution in [0.5, 0.6) is 0 Å². The van der Waals surface area contributed by atoms with E-state index >= 15 is 0 Å². The van der Waals surface area contributed by atoms with Gasteiger partial charge in [0.25, 0.3) is 0 Å². The molecule has 0 aliphatic carbocycles. The minimum atomic E-state index is -0.532. The fraction of sp³-hybridized carbons (Fsp3) is 0.500. The molecule has 1 rings (SSSR count). The van der Waals surface area contributed by atoms with Crippen molar-refractivity contribution in [2.24, 2.45) is 0 Å². The Morgan fingerprint density at radius 3 is 2.58 bits per heavy atom. The average Bonchev–Trinajstić information content (AvgIpc) is 1.85. The molecule has 0 fully saturated rings. The Labute approximate surface area is 72.5 Å². The van der Waals surface area contributed by atoms with E-state index in [-0.39, 0.29) is 13.4 Å². The van der Waals surface area contributed by atoms with E-state index in [0.29, 0.717) is 0 Å². The van der Waals surface area contributed by atoms with Crippen LogP contribution in [0.4, 0.5) is 5.95 Å². The van der Waals surface area contributed by atoms with Crippen LogP contribution in [0, 0.1) is 6.92 Å².